The number of thiazole rings is 1. The predicted octanol–water partition coefficient (Wildman–Crippen LogP) is 4.33. The van der Waals surface area contributed by atoms with Crippen LogP contribution in [-0.2, 0) is 21.2 Å². The summed E-state index contributed by atoms with van der Waals surface area (Å²) in [5.41, 5.74) is 2.35. The average molecular weight is 545 g/mol. The summed E-state index contributed by atoms with van der Waals surface area (Å²) in [6.07, 6.45) is 4.12. The first kappa shape index (κ1) is 25.5. The van der Waals surface area contributed by atoms with Crippen LogP contribution in [0.2, 0.25) is 0 Å². The number of thioether (sulfide) groups is 1. The van der Waals surface area contributed by atoms with Gasteiger partial charge in [-0.15, -0.1) is 11.8 Å². The Kier molecular flexibility index (Phi) is 7.57. The van der Waals surface area contributed by atoms with Crippen molar-refractivity contribution in [3.05, 3.63) is 48.0 Å². The second-order valence-electron chi connectivity index (χ2n) is 9.32. The number of aryl methyl sites for hydroxylation is 1. The predicted molar refractivity (Wildman–Crippen MR) is 147 cm³/mol. The number of hydrogen-bond donors (Lipinski definition) is 0. The van der Waals surface area contributed by atoms with Gasteiger partial charge in [-0.2, -0.15) is 4.31 Å². The lowest BCUT2D eigenvalue weighted by Crippen LogP contribution is -2.52. The first-order valence-electron chi connectivity index (χ1n) is 12.5. The molecule has 0 atom stereocenters. The summed E-state index contributed by atoms with van der Waals surface area (Å²) in [4.78, 5) is 23.6. The smallest absolute Gasteiger partial charge is 0.243 e. The van der Waals surface area contributed by atoms with Crippen molar-refractivity contribution in [3.8, 4) is 0 Å². The maximum Gasteiger partial charge on any atom is 0.243 e. The Bertz CT molecular complexity index is 1320. The summed E-state index contributed by atoms with van der Waals surface area (Å²) in [5.74, 6) is 0.0460. The molecule has 7 nitrogen and oxygen atoms in total. The molecule has 36 heavy (non-hydrogen) atoms. The minimum atomic E-state index is -3.53. The molecule has 0 aliphatic carbocycles. The molecule has 1 amide bonds. The summed E-state index contributed by atoms with van der Waals surface area (Å²) < 4.78 is 28.8. The Balaban J connectivity index is 1.15. The van der Waals surface area contributed by atoms with E-state index < -0.39 is 10.0 Å². The fourth-order valence-electron chi connectivity index (χ4n) is 4.93. The van der Waals surface area contributed by atoms with Gasteiger partial charge in [0.05, 0.1) is 15.1 Å². The molecule has 10 heteroatoms. The minimum absolute atomic E-state index is 0.114. The fourth-order valence-corrected chi connectivity index (χ4v) is 7.89. The Morgan fingerprint density at radius 1 is 1.03 bits per heavy atom. The second kappa shape index (κ2) is 10.7. The molecular formula is C26H32N4O3S3. The first-order valence-corrected chi connectivity index (χ1v) is 15.9. The SMILES string of the molecule is CCc1ccc2nc(N3CCN(C(=O)C4CCN(S(=O)(=O)c5ccc(SC)cc5)CC4)CC3)sc2c1. The van der Waals surface area contributed by atoms with Crippen molar-refractivity contribution in [2.24, 2.45) is 5.92 Å². The van der Waals surface area contributed by atoms with Gasteiger partial charge in [0.25, 0.3) is 0 Å². The highest BCUT2D eigenvalue weighted by atomic mass is 32.2. The number of carbonyl (C=O) groups is 1. The highest BCUT2D eigenvalue weighted by Crippen LogP contribution is 2.31. The van der Waals surface area contributed by atoms with Gasteiger partial charge in [0, 0.05) is 50.1 Å². The number of fused-ring (bicyclic) bond motifs is 1. The van der Waals surface area contributed by atoms with Crippen LogP contribution in [0.25, 0.3) is 10.2 Å². The van der Waals surface area contributed by atoms with Gasteiger partial charge in [-0.3, -0.25) is 4.79 Å². The van der Waals surface area contributed by atoms with Gasteiger partial charge in [-0.25, -0.2) is 13.4 Å². The molecule has 2 aliphatic heterocycles. The molecule has 1 aromatic heterocycles. The molecule has 0 unspecified atom stereocenters. The van der Waals surface area contributed by atoms with Crippen LogP contribution < -0.4 is 4.90 Å². The molecular weight excluding hydrogens is 513 g/mol. The summed E-state index contributed by atoms with van der Waals surface area (Å²) in [5, 5.41) is 1.02. The topological polar surface area (TPSA) is 73.8 Å². The van der Waals surface area contributed by atoms with Crippen molar-refractivity contribution >= 4 is 54.4 Å². The molecule has 0 bridgehead atoms. The highest BCUT2D eigenvalue weighted by molar-refractivity contribution is 7.98. The minimum Gasteiger partial charge on any atom is -0.345 e. The van der Waals surface area contributed by atoms with Gasteiger partial charge < -0.3 is 9.80 Å². The lowest BCUT2D eigenvalue weighted by Gasteiger charge is -2.38. The van der Waals surface area contributed by atoms with Gasteiger partial charge in [-0.1, -0.05) is 24.3 Å². The summed E-state index contributed by atoms with van der Waals surface area (Å²) in [6, 6.07) is 13.5. The lowest BCUT2D eigenvalue weighted by atomic mass is 9.96. The van der Waals surface area contributed by atoms with Crippen LogP contribution >= 0.6 is 23.1 Å². The number of aromatic nitrogens is 1. The zero-order valence-corrected chi connectivity index (χ0v) is 23.2. The molecule has 0 N–H and O–H groups in total. The normalized spacial score (nSPS) is 18.2. The van der Waals surface area contributed by atoms with E-state index in [9.17, 15) is 13.2 Å². The van der Waals surface area contributed by atoms with E-state index in [0.29, 0.717) is 43.9 Å². The van der Waals surface area contributed by atoms with Crippen LogP contribution in [0.1, 0.15) is 25.3 Å². The zero-order chi connectivity index (χ0) is 25.3. The maximum absolute atomic E-state index is 13.2. The quantitative estimate of drug-likeness (QED) is 0.430. The van der Waals surface area contributed by atoms with E-state index in [0.717, 1.165) is 35.1 Å². The van der Waals surface area contributed by atoms with E-state index >= 15 is 0 Å². The number of sulfonamides is 1. The van der Waals surface area contributed by atoms with Crippen LogP contribution in [0.15, 0.2) is 52.3 Å². The third-order valence-electron chi connectivity index (χ3n) is 7.21. The molecule has 2 fully saturated rings. The van der Waals surface area contributed by atoms with E-state index in [-0.39, 0.29) is 11.8 Å². The standard InChI is InChI=1S/C26H32N4O3S3/c1-3-19-4-9-23-24(18-19)35-26(27-23)29-16-14-28(15-17-29)25(31)20-10-12-30(13-11-20)36(32,33)22-7-5-21(34-2)6-8-22/h4-9,18,20H,3,10-17H2,1-2H3. The number of benzene rings is 2. The molecule has 3 heterocycles. The number of amides is 1. The summed E-state index contributed by atoms with van der Waals surface area (Å²) in [7, 11) is -3.53. The Morgan fingerprint density at radius 3 is 2.36 bits per heavy atom. The summed E-state index contributed by atoms with van der Waals surface area (Å²) in [6.45, 7) is 5.82. The number of piperazine rings is 1. The number of hydrogen-bond acceptors (Lipinski definition) is 7. The fraction of sp³-hybridized carbons (Fsp3) is 0.462. The molecule has 2 aromatic carbocycles. The van der Waals surface area contributed by atoms with Crippen LogP contribution in [0.4, 0.5) is 5.13 Å². The van der Waals surface area contributed by atoms with Crippen molar-refractivity contribution in [2.45, 2.75) is 36.0 Å². The molecule has 0 saturated carbocycles. The largest absolute Gasteiger partial charge is 0.345 e. The third-order valence-corrected chi connectivity index (χ3v) is 10.9. The van der Waals surface area contributed by atoms with Crippen LogP contribution in [0.5, 0.6) is 0 Å². The van der Waals surface area contributed by atoms with Crippen molar-refractivity contribution in [1.82, 2.24) is 14.2 Å². The van der Waals surface area contributed by atoms with E-state index in [2.05, 4.69) is 30.0 Å². The first-order chi connectivity index (χ1) is 17.4. The van der Waals surface area contributed by atoms with E-state index in [4.69, 9.17) is 4.98 Å². The van der Waals surface area contributed by atoms with Gasteiger partial charge in [0.1, 0.15) is 0 Å². The van der Waals surface area contributed by atoms with Crippen molar-refractivity contribution in [1.29, 1.82) is 0 Å². The van der Waals surface area contributed by atoms with Gasteiger partial charge in [0.2, 0.25) is 15.9 Å². The van der Waals surface area contributed by atoms with Crippen LogP contribution in [0, 0.1) is 5.92 Å². The number of carbonyl (C=O) groups excluding carboxylic acids is 1. The van der Waals surface area contributed by atoms with Gasteiger partial charge in [-0.05, 0) is 67.5 Å². The molecule has 2 saturated heterocycles. The monoisotopic (exact) mass is 544 g/mol. The van der Waals surface area contributed by atoms with Crippen molar-refractivity contribution < 1.29 is 13.2 Å². The summed E-state index contributed by atoms with van der Waals surface area (Å²) >= 11 is 3.31. The van der Waals surface area contributed by atoms with Crippen molar-refractivity contribution in [3.63, 3.8) is 0 Å². The molecule has 0 spiro atoms. The zero-order valence-electron chi connectivity index (χ0n) is 20.7. The Morgan fingerprint density at radius 2 is 1.72 bits per heavy atom. The van der Waals surface area contributed by atoms with Crippen LogP contribution in [0.3, 0.4) is 0 Å². The molecule has 0 radical (unpaired) electrons. The number of anilines is 1. The van der Waals surface area contributed by atoms with Crippen LogP contribution in [-0.4, -0.2) is 74.0 Å². The van der Waals surface area contributed by atoms with Crippen molar-refractivity contribution in [2.75, 3.05) is 50.4 Å². The van der Waals surface area contributed by atoms with Gasteiger partial charge in [0.15, 0.2) is 5.13 Å². The molecule has 2 aliphatic rings. The lowest BCUT2D eigenvalue weighted by molar-refractivity contribution is -0.137. The van der Waals surface area contributed by atoms with Gasteiger partial charge >= 0.3 is 0 Å². The average Bonchev–Trinajstić information content (AvgIpc) is 3.36. The maximum atomic E-state index is 13.2. The molecule has 5 rings (SSSR count). The van der Waals surface area contributed by atoms with E-state index in [1.54, 1.807) is 35.2 Å². The number of nitrogens with zero attached hydrogens (tertiary/aromatic N) is 4. The number of rotatable bonds is 6. The van der Waals surface area contributed by atoms with E-state index in [1.807, 2.05) is 23.3 Å². The number of piperidine rings is 1. The van der Waals surface area contributed by atoms with E-state index in [1.165, 1.54) is 14.6 Å². The molecule has 3 aromatic rings. The Labute approximate surface area is 221 Å². The highest BCUT2D eigenvalue weighted by Gasteiger charge is 2.35. The third kappa shape index (κ3) is 5.14. The second-order valence-corrected chi connectivity index (χ2v) is 13.1. The Hall–Kier alpha value is -2.14. The molecule has 192 valence electrons.